The van der Waals surface area contributed by atoms with Crippen molar-refractivity contribution in [1.29, 1.82) is 0 Å². The van der Waals surface area contributed by atoms with Gasteiger partial charge >= 0.3 is 0 Å². The molecule has 0 spiro atoms. The molecular formula is C15H20N2O. The number of benzene rings is 1. The Kier molecular flexibility index (Phi) is 5.96. The normalized spacial score (nSPS) is 9.50. The molecule has 0 aliphatic heterocycles. The highest BCUT2D eigenvalue weighted by Gasteiger charge is 2.10. The lowest BCUT2D eigenvalue weighted by Crippen LogP contribution is -2.27. The first-order chi connectivity index (χ1) is 8.69. The van der Waals surface area contributed by atoms with Gasteiger partial charge in [0.2, 0.25) is 0 Å². The number of carbonyl (C=O) groups is 1. The van der Waals surface area contributed by atoms with Crippen molar-refractivity contribution in [3.8, 4) is 11.8 Å². The van der Waals surface area contributed by atoms with Gasteiger partial charge < -0.3 is 10.6 Å². The van der Waals surface area contributed by atoms with Crippen molar-refractivity contribution >= 4 is 5.91 Å². The summed E-state index contributed by atoms with van der Waals surface area (Å²) in [6.07, 6.45) is 2.11. The molecule has 0 saturated heterocycles. The van der Waals surface area contributed by atoms with Crippen LogP contribution in [-0.4, -0.2) is 30.9 Å². The molecule has 0 radical (unpaired) electrons. The van der Waals surface area contributed by atoms with Gasteiger partial charge in [-0.15, -0.1) is 0 Å². The third-order valence-electron chi connectivity index (χ3n) is 2.64. The Labute approximate surface area is 109 Å². The van der Waals surface area contributed by atoms with Gasteiger partial charge in [0.05, 0.1) is 6.54 Å². The molecule has 1 amide bonds. The predicted octanol–water partition coefficient (Wildman–Crippen LogP) is 1.87. The molecule has 96 valence electrons. The van der Waals surface area contributed by atoms with Crippen molar-refractivity contribution in [3.05, 3.63) is 35.4 Å². The Morgan fingerprint density at radius 2 is 2.22 bits per heavy atom. The Bertz CT molecular complexity index is 457. The number of amides is 1. The molecule has 1 rings (SSSR count). The fraction of sp³-hybridized carbons (Fsp3) is 0.400. The molecule has 18 heavy (non-hydrogen) atoms. The second-order valence-electron chi connectivity index (χ2n) is 4.17. The highest BCUT2D eigenvalue weighted by Crippen LogP contribution is 2.07. The van der Waals surface area contributed by atoms with Crippen molar-refractivity contribution in [2.75, 3.05) is 20.1 Å². The fourth-order valence-electron chi connectivity index (χ4n) is 1.60. The topological polar surface area (TPSA) is 46.3 Å². The van der Waals surface area contributed by atoms with Crippen LogP contribution in [0.15, 0.2) is 24.3 Å². The van der Waals surface area contributed by atoms with Gasteiger partial charge in [-0.05, 0) is 24.6 Å². The van der Waals surface area contributed by atoms with Gasteiger partial charge in [0.1, 0.15) is 0 Å². The zero-order valence-electron chi connectivity index (χ0n) is 11.1. The van der Waals surface area contributed by atoms with E-state index in [-0.39, 0.29) is 5.91 Å². The van der Waals surface area contributed by atoms with E-state index in [1.54, 1.807) is 4.90 Å². The smallest absolute Gasteiger partial charge is 0.253 e. The second-order valence-corrected chi connectivity index (χ2v) is 4.17. The quantitative estimate of drug-likeness (QED) is 0.822. The van der Waals surface area contributed by atoms with E-state index >= 15 is 0 Å². The van der Waals surface area contributed by atoms with E-state index in [4.69, 9.17) is 5.73 Å². The van der Waals surface area contributed by atoms with E-state index in [2.05, 4.69) is 18.8 Å². The van der Waals surface area contributed by atoms with Gasteiger partial charge in [-0.2, -0.15) is 0 Å². The largest absolute Gasteiger partial charge is 0.342 e. The number of rotatable bonds is 4. The predicted molar refractivity (Wildman–Crippen MR) is 74.2 cm³/mol. The number of nitrogens with two attached hydrogens (primary N) is 1. The van der Waals surface area contributed by atoms with Crippen LogP contribution in [0.5, 0.6) is 0 Å². The minimum atomic E-state index is 0.0415. The minimum Gasteiger partial charge on any atom is -0.342 e. The van der Waals surface area contributed by atoms with Crippen LogP contribution in [0, 0.1) is 11.8 Å². The van der Waals surface area contributed by atoms with E-state index in [0.717, 1.165) is 24.9 Å². The molecular weight excluding hydrogens is 224 g/mol. The van der Waals surface area contributed by atoms with Crippen molar-refractivity contribution in [1.82, 2.24) is 4.90 Å². The summed E-state index contributed by atoms with van der Waals surface area (Å²) in [5, 5.41) is 0. The summed E-state index contributed by atoms with van der Waals surface area (Å²) in [5.74, 6) is 5.76. The first kappa shape index (κ1) is 14.3. The van der Waals surface area contributed by atoms with Crippen molar-refractivity contribution < 1.29 is 4.79 Å². The van der Waals surface area contributed by atoms with Gasteiger partial charge in [-0.3, -0.25) is 4.79 Å². The molecule has 0 atom stereocenters. The van der Waals surface area contributed by atoms with E-state index in [1.807, 2.05) is 31.3 Å². The SMILES string of the molecule is CCCCN(C)C(=O)c1cccc(C#CCN)c1. The molecule has 0 fully saturated rings. The molecule has 3 heteroatoms. The van der Waals surface area contributed by atoms with Gasteiger partial charge in [-0.1, -0.05) is 31.3 Å². The van der Waals surface area contributed by atoms with Crippen LogP contribution < -0.4 is 5.73 Å². The molecule has 3 nitrogen and oxygen atoms in total. The Morgan fingerprint density at radius 3 is 2.89 bits per heavy atom. The van der Waals surface area contributed by atoms with Crippen molar-refractivity contribution in [2.45, 2.75) is 19.8 Å². The summed E-state index contributed by atoms with van der Waals surface area (Å²) in [6, 6.07) is 7.36. The first-order valence-electron chi connectivity index (χ1n) is 6.23. The molecule has 2 N–H and O–H groups in total. The molecule has 1 aromatic rings. The average Bonchev–Trinajstić information content (AvgIpc) is 2.42. The molecule has 0 heterocycles. The van der Waals surface area contributed by atoms with Crippen LogP contribution in [0.1, 0.15) is 35.7 Å². The number of nitrogens with zero attached hydrogens (tertiary/aromatic N) is 1. The number of unbranched alkanes of at least 4 members (excludes halogenated alkanes) is 1. The van der Waals surface area contributed by atoms with Crippen molar-refractivity contribution in [2.24, 2.45) is 5.73 Å². The summed E-state index contributed by atoms with van der Waals surface area (Å²) in [6.45, 7) is 3.23. The minimum absolute atomic E-state index is 0.0415. The third kappa shape index (κ3) is 4.23. The number of hydrogen-bond donors (Lipinski definition) is 1. The molecule has 0 bridgehead atoms. The van der Waals surface area contributed by atoms with Gasteiger partial charge in [0.15, 0.2) is 0 Å². The van der Waals surface area contributed by atoms with Crippen LogP contribution in [0.4, 0.5) is 0 Å². The average molecular weight is 244 g/mol. The first-order valence-corrected chi connectivity index (χ1v) is 6.23. The Hall–Kier alpha value is -1.79. The van der Waals surface area contributed by atoms with E-state index in [1.165, 1.54) is 0 Å². The summed E-state index contributed by atoms with van der Waals surface area (Å²) >= 11 is 0. The van der Waals surface area contributed by atoms with E-state index < -0.39 is 0 Å². The Morgan fingerprint density at radius 1 is 1.44 bits per heavy atom. The highest BCUT2D eigenvalue weighted by atomic mass is 16.2. The van der Waals surface area contributed by atoms with Crippen LogP contribution in [-0.2, 0) is 0 Å². The fourth-order valence-corrected chi connectivity index (χ4v) is 1.60. The lowest BCUT2D eigenvalue weighted by molar-refractivity contribution is 0.0793. The molecule has 0 aromatic heterocycles. The van der Waals surface area contributed by atoms with E-state index in [0.29, 0.717) is 12.1 Å². The zero-order chi connectivity index (χ0) is 13.4. The Balaban J connectivity index is 2.79. The summed E-state index contributed by atoms with van der Waals surface area (Å²) < 4.78 is 0. The van der Waals surface area contributed by atoms with Gasteiger partial charge in [0, 0.05) is 24.7 Å². The maximum atomic E-state index is 12.1. The maximum absolute atomic E-state index is 12.1. The molecule has 0 aliphatic rings. The van der Waals surface area contributed by atoms with Crippen LogP contribution in [0.2, 0.25) is 0 Å². The van der Waals surface area contributed by atoms with Gasteiger partial charge in [-0.25, -0.2) is 0 Å². The standard InChI is InChI=1S/C15H20N2O/c1-3-4-11-17(2)15(18)14-9-5-7-13(12-14)8-6-10-16/h5,7,9,12H,3-4,10-11,16H2,1-2H3. The third-order valence-corrected chi connectivity index (χ3v) is 2.64. The molecule has 0 aliphatic carbocycles. The lowest BCUT2D eigenvalue weighted by Gasteiger charge is -2.16. The number of carbonyl (C=O) groups excluding carboxylic acids is 1. The second kappa shape index (κ2) is 7.52. The monoisotopic (exact) mass is 244 g/mol. The number of hydrogen-bond acceptors (Lipinski definition) is 2. The van der Waals surface area contributed by atoms with Crippen LogP contribution >= 0.6 is 0 Å². The highest BCUT2D eigenvalue weighted by molar-refractivity contribution is 5.94. The zero-order valence-corrected chi connectivity index (χ0v) is 11.1. The summed E-state index contributed by atoms with van der Waals surface area (Å²) in [7, 11) is 1.83. The molecule has 0 saturated carbocycles. The van der Waals surface area contributed by atoms with Gasteiger partial charge in [0.25, 0.3) is 5.91 Å². The van der Waals surface area contributed by atoms with Crippen LogP contribution in [0.3, 0.4) is 0 Å². The van der Waals surface area contributed by atoms with E-state index in [9.17, 15) is 4.79 Å². The molecule has 0 unspecified atom stereocenters. The maximum Gasteiger partial charge on any atom is 0.253 e. The van der Waals surface area contributed by atoms with Crippen LogP contribution in [0.25, 0.3) is 0 Å². The molecule has 1 aromatic carbocycles. The summed E-state index contributed by atoms with van der Waals surface area (Å²) in [5.41, 5.74) is 6.84. The summed E-state index contributed by atoms with van der Waals surface area (Å²) in [4.78, 5) is 13.9. The van der Waals surface area contributed by atoms with Crippen molar-refractivity contribution in [3.63, 3.8) is 0 Å². The lowest BCUT2D eigenvalue weighted by atomic mass is 10.1.